The van der Waals surface area contributed by atoms with E-state index in [1.54, 1.807) is 18.2 Å². The molecule has 0 saturated carbocycles. The van der Waals surface area contributed by atoms with E-state index in [-0.39, 0.29) is 12.5 Å². The quantitative estimate of drug-likeness (QED) is 0.869. The number of halogens is 2. The maximum Gasteiger partial charge on any atom is 0.327 e. The lowest BCUT2D eigenvalue weighted by Crippen LogP contribution is -2.43. The second-order valence-corrected chi connectivity index (χ2v) is 6.40. The van der Waals surface area contributed by atoms with Gasteiger partial charge in [0, 0.05) is 10.2 Å². The van der Waals surface area contributed by atoms with Gasteiger partial charge in [-0.2, -0.15) is 0 Å². The van der Waals surface area contributed by atoms with Gasteiger partial charge in [-0.25, -0.2) is 4.79 Å². The Morgan fingerprint density at radius 3 is 2.95 bits per heavy atom. The van der Waals surface area contributed by atoms with Gasteiger partial charge in [-0.05, 0) is 18.2 Å². The minimum Gasteiger partial charge on any atom is -0.482 e. The first-order chi connectivity index (χ1) is 9.49. The molecule has 1 aliphatic rings. The van der Waals surface area contributed by atoms with Crippen molar-refractivity contribution in [3.05, 3.63) is 27.7 Å². The summed E-state index contributed by atoms with van der Waals surface area (Å²) in [6.07, 6.45) is 0. The zero-order valence-electron chi connectivity index (χ0n) is 10.2. The largest absolute Gasteiger partial charge is 0.482 e. The first kappa shape index (κ1) is 15.5. The van der Waals surface area contributed by atoms with Crippen LogP contribution in [0.4, 0.5) is 0 Å². The van der Waals surface area contributed by atoms with Gasteiger partial charge in [-0.15, -0.1) is 11.8 Å². The van der Waals surface area contributed by atoms with Crippen LogP contribution in [0.5, 0.6) is 5.75 Å². The molecule has 8 heteroatoms. The van der Waals surface area contributed by atoms with Crippen LogP contribution in [-0.2, 0) is 9.59 Å². The number of amides is 1. The number of thioether (sulfide) groups is 1. The molecule has 0 radical (unpaired) electrons. The number of ether oxygens (including phenoxy) is 1. The summed E-state index contributed by atoms with van der Waals surface area (Å²) in [5, 5.41) is 9.40. The number of nitrogens with zero attached hydrogens (tertiary/aromatic N) is 1. The number of carboxylic acids is 1. The van der Waals surface area contributed by atoms with Crippen molar-refractivity contribution in [3.63, 3.8) is 0 Å². The second-order valence-electron chi connectivity index (χ2n) is 4.08. The fraction of sp³-hybridized carbons (Fsp3) is 0.333. The lowest BCUT2D eigenvalue weighted by Gasteiger charge is -2.20. The van der Waals surface area contributed by atoms with Crippen molar-refractivity contribution in [1.29, 1.82) is 0 Å². The molecule has 1 amide bonds. The molecule has 1 heterocycles. The zero-order chi connectivity index (χ0) is 14.7. The van der Waals surface area contributed by atoms with Crippen molar-refractivity contribution < 1.29 is 19.4 Å². The highest BCUT2D eigenvalue weighted by atomic mass is 79.9. The molecule has 1 aliphatic heterocycles. The monoisotopic (exact) mass is 379 g/mol. The molecule has 0 bridgehead atoms. The van der Waals surface area contributed by atoms with E-state index < -0.39 is 12.0 Å². The van der Waals surface area contributed by atoms with Gasteiger partial charge in [0.05, 0.1) is 10.9 Å². The number of benzene rings is 1. The van der Waals surface area contributed by atoms with Crippen molar-refractivity contribution in [1.82, 2.24) is 4.90 Å². The van der Waals surface area contributed by atoms with Gasteiger partial charge in [-0.1, -0.05) is 27.5 Å². The average molecular weight is 381 g/mol. The maximum absolute atomic E-state index is 12.0. The lowest BCUT2D eigenvalue weighted by molar-refractivity contribution is -0.148. The van der Waals surface area contributed by atoms with Crippen molar-refractivity contribution >= 4 is 51.2 Å². The molecule has 1 saturated heterocycles. The Morgan fingerprint density at radius 1 is 1.55 bits per heavy atom. The van der Waals surface area contributed by atoms with E-state index in [4.69, 9.17) is 21.4 Å². The van der Waals surface area contributed by atoms with E-state index in [0.29, 0.717) is 22.4 Å². The summed E-state index contributed by atoms with van der Waals surface area (Å²) in [4.78, 5) is 24.3. The first-order valence-electron chi connectivity index (χ1n) is 5.67. The Labute approximate surface area is 133 Å². The molecule has 0 aliphatic carbocycles. The number of carboxylic acid groups (broad SMARTS) is 1. The molecule has 0 aromatic heterocycles. The number of carbonyl (C=O) groups excluding carboxylic acids is 1. The van der Waals surface area contributed by atoms with Gasteiger partial charge in [0.1, 0.15) is 11.8 Å². The van der Waals surface area contributed by atoms with E-state index in [0.717, 1.165) is 4.47 Å². The highest BCUT2D eigenvalue weighted by molar-refractivity contribution is 9.10. The van der Waals surface area contributed by atoms with Crippen LogP contribution in [0.3, 0.4) is 0 Å². The van der Waals surface area contributed by atoms with Crippen molar-refractivity contribution in [2.24, 2.45) is 0 Å². The number of hydrogen-bond donors (Lipinski definition) is 1. The van der Waals surface area contributed by atoms with E-state index in [1.165, 1.54) is 16.7 Å². The minimum atomic E-state index is -0.995. The molecule has 1 atom stereocenters. The molecule has 1 aromatic rings. The Bertz CT molecular complexity index is 542. The number of hydrogen-bond acceptors (Lipinski definition) is 4. The van der Waals surface area contributed by atoms with Crippen LogP contribution < -0.4 is 4.74 Å². The fourth-order valence-electron chi connectivity index (χ4n) is 1.71. The number of aliphatic carboxylic acids is 1. The SMILES string of the molecule is O=C(O)C1CSCN1C(=O)COc1ccc(Br)cc1Cl. The molecule has 0 spiro atoms. The van der Waals surface area contributed by atoms with Crippen LogP contribution >= 0.6 is 39.3 Å². The zero-order valence-corrected chi connectivity index (χ0v) is 13.4. The predicted molar refractivity (Wildman–Crippen MR) is 80.2 cm³/mol. The van der Waals surface area contributed by atoms with Gasteiger partial charge >= 0.3 is 5.97 Å². The molecule has 108 valence electrons. The summed E-state index contributed by atoms with van der Waals surface area (Å²) >= 11 is 10.7. The number of rotatable bonds is 4. The predicted octanol–water partition coefficient (Wildman–Crippen LogP) is 2.47. The Kier molecular flexibility index (Phi) is 5.17. The van der Waals surface area contributed by atoms with Crippen molar-refractivity contribution in [2.45, 2.75) is 6.04 Å². The Hall–Kier alpha value is -0.920. The average Bonchev–Trinajstić information content (AvgIpc) is 2.86. The minimum absolute atomic E-state index is 0.230. The van der Waals surface area contributed by atoms with Crippen molar-refractivity contribution in [2.75, 3.05) is 18.2 Å². The topological polar surface area (TPSA) is 66.8 Å². The molecule has 5 nitrogen and oxygen atoms in total. The van der Waals surface area contributed by atoms with Gasteiger partial charge in [0.25, 0.3) is 5.91 Å². The molecule has 1 unspecified atom stereocenters. The molecule has 1 fully saturated rings. The maximum atomic E-state index is 12.0. The van der Waals surface area contributed by atoms with Gasteiger partial charge in [-0.3, -0.25) is 4.79 Å². The molecule has 1 N–H and O–H groups in total. The summed E-state index contributed by atoms with van der Waals surface area (Å²) in [7, 11) is 0. The molecule has 2 rings (SSSR count). The number of carbonyl (C=O) groups is 2. The van der Waals surface area contributed by atoms with E-state index in [2.05, 4.69) is 15.9 Å². The van der Waals surface area contributed by atoms with Crippen molar-refractivity contribution in [3.8, 4) is 5.75 Å². The molecular formula is C12H11BrClNO4S. The normalized spacial score (nSPS) is 18.1. The summed E-state index contributed by atoms with van der Waals surface area (Å²) in [6, 6.07) is 4.27. The standard InChI is InChI=1S/C12H11BrClNO4S/c13-7-1-2-10(8(14)3-7)19-4-11(16)15-6-20-5-9(15)12(17)18/h1-3,9H,4-6H2,(H,17,18). The van der Waals surface area contributed by atoms with Crippen LogP contribution in [0.15, 0.2) is 22.7 Å². The van der Waals surface area contributed by atoms with Crippen LogP contribution in [0.25, 0.3) is 0 Å². The van der Waals surface area contributed by atoms with Crippen LogP contribution in [0.2, 0.25) is 5.02 Å². The fourth-order valence-corrected chi connectivity index (χ4v) is 3.61. The third kappa shape index (κ3) is 3.59. The Morgan fingerprint density at radius 2 is 2.30 bits per heavy atom. The van der Waals surface area contributed by atoms with Gasteiger partial charge < -0.3 is 14.7 Å². The second kappa shape index (κ2) is 6.69. The summed E-state index contributed by atoms with van der Waals surface area (Å²) in [5.41, 5.74) is 0. The molecule has 20 heavy (non-hydrogen) atoms. The van der Waals surface area contributed by atoms with Gasteiger partial charge in [0.2, 0.25) is 0 Å². The third-order valence-corrected chi connectivity index (χ3v) is 4.53. The van der Waals surface area contributed by atoms with Gasteiger partial charge in [0.15, 0.2) is 6.61 Å². The highest BCUT2D eigenvalue weighted by Gasteiger charge is 2.34. The lowest BCUT2D eigenvalue weighted by atomic mass is 10.3. The smallest absolute Gasteiger partial charge is 0.327 e. The van der Waals surface area contributed by atoms with E-state index in [1.807, 2.05) is 0 Å². The van der Waals surface area contributed by atoms with E-state index >= 15 is 0 Å². The molecule has 1 aromatic carbocycles. The molecular weight excluding hydrogens is 370 g/mol. The van der Waals surface area contributed by atoms with Crippen LogP contribution in [0, 0.1) is 0 Å². The highest BCUT2D eigenvalue weighted by Crippen LogP contribution is 2.28. The van der Waals surface area contributed by atoms with Crippen LogP contribution in [-0.4, -0.2) is 46.2 Å². The summed E-state index contributed by atoms with van der Waals surface area (Å²) < 4.78 is 6.16. The summed E-state index contributed by atoms with van der Waals surface area (Å²) in [5.74, 6) is -0.193. The van der Waals surface area contributed by atoms with Crippen LogP contribution in [0.1, 0.15) is 0 Å². The first-order valence-corrected chi connectivity index (χ1v) is 7.99. The summed E-state index contributed by atoms with van der Waals surface area (Å²) in [6.45, 7) is -0.230. The van der Waals surface area contributed by atoms with E-state index in [9.17, 15) is 9.59 Å². The third-order valence-electron chi connectivity index (χ3n) is 2.73. The Balaban J connectivity index is 1.96.